The monoisotopic (exact) mass is 443 g/mol. The Morgan fingerprint density at radius 3 is 1.56 bits per heavy atom. The standard InChI is InChI=1S/C31H28BO2/c1-29(2,33)30(3,4)34-32-20-17-18-28-24(19-20)23-13-7-10-16-27(23)31(28)25-14-8-5-11-21(25)22-12-6-9-15-26(22)31/h5-19,33H,1-4H3. The van der Waals surface area contributed by atoms with Gasteiger partial charge in [-0.15, -0.1) is 0 Å². The summed E-state index contributed by atoms with van der Waals surface area (Å²) in [6.07, 6.45) is 0. The van der Waals surface area contributed by atoms with Gasteiger partial charge < -0.3 is 9.76 Å². The molecule has 6 rings (SSSR count). The van der Waals surface area contributed by atoms with Gasteiger partial charge in [-0.25, -0.2) is 0 Å². The molecule has 0 atom stereocenters. The molecule has 0 bridgehead atoms. The molecule has 0 saturated carbocycles. The summed E-state index contributed by atoms with van der Waals surface area (Å²) in [7, 11) is 1.78. The summed E-state index contributed by atoms with van der Waals surface area (Å²) in [5, 5.41) is 10.5. The normalized spacial score (nSPS) is 15.0. The van der Waals surface area contributed by atoms with Crippen molar-refractivity contribution in [2.75, 3.05) is 0 Å². The average Bonchev–Trinajstić information content (AvgIpc) is 3.29. The van der Waals surface area contributed by atoms with Crippen molar-refractivity contribution in [2.24, 2.45) is 0 Å². The Labute approximate surface area is 202 Å². The molecule has 3 heteroatoms. The first-order valence-electron chi connectivity index (χ1n) is 11.9. The highest BCUT2D eigenvalue weighted by Crippen LogP contribution is 2.62. The quantitative estimate of drug-likeness (QED) is 0.347. The van der Waals surface area contributed by atoms with E-state index in [-0.39, 0.29) is 5.41 Å². The molecule has 0 aromatic heterocycles. The van der Waals surface area contributed by atoms with Gasteiger partial charge in [-0.3, -0.25) is 0 Å². The van der Waals surface area contributed by atoms with Gasteiger partial charge in [-0.05, 0) is 72.2 Å². The highest BCUT2D eigenvalue weighted by atomic mass is 16.5. The number of fused-ring (bicyclic) bond motifs is 10. The summed E-state index contributed by atoms with van der Waals surface area (Å²) in [4.78, 5) is 0. The molecule has 4 aromatic rings. The van der Waals surface area contributed by atoms with Crippen LogP contribution in [0.4, 0.5) is 0 Å². The van der Waals surface area contributed by atoms with E-state index in [4.69, 9.17) is 4.65 Å². The summed E-state index contributed by atoms with van der Waals surface area (Å²) < 4.78 is 6.08. The maximum absolute atomic E-state index is 10.5. The van der Waals surface area contributed by atoms with Crippen molar-refractivity contribution >= 4 is 12.9 Å². The van der Waals surface area contributed by atoms with Crippen LogP contribution in [0.3, 0.4) is 0 Å². The van der Waals surface area contributed by atoms with E-state index in [1.807, 2.05) is 13.8 Å². The van der Waals surface area contributed by atoms with E-state index in [9.17, 15) is 5.11 Å². The molecule has 2 nitrogen and oxygen atoms in total. The van der Waals surface area contributed by atoms with Crippen LogP contribution in [0.15, 0.2) is 91.0 Å². The summed E-state index contributed by atoms with van der Waals surface area (Å²) in [5.41, 5.74) is 9.45. The Morgan fingerprint density at radius 1 is 0.618 bits per heavy atom. The Bertz CT molecular complexity index is 1380. The molecule has 2 aliphatic carbocycles. The molecule has 1 spiro atoms. The highest BCUT2D eigenvalue weighted by molar-refractivity contribution is 6.47. The predicted molar refractivity (Wildman–Crippen MR) is 140 cm³/mol. The molecule has 0 fully saturated rings. The van der Waals surface area contributed by atoms with Crippen LogP contribution >= 0.6 is 0 Å². The Morgan fingerprint density at radius 2 is 1.06 bits per heavy atom. The van der Waals surface area contributed by atoms with Gasteiger partial charge in [0.05, 0.1) is 16.6 Å². The SMILES string of the molecule is CC(C)(O)C(C)(C)O[B]c1ccc2c(c1)-c1ccccc1C21c2ccccc2-c2ccccc21. The lowest BCUT2D eigenvalue weighted by atomic mass is 9.70. The van der Waals surface area contributed by atoms with Gasteiger partial charge in [0.2, 0.25) is 0 Å². The summed E-state index contributed by atoms with van der Waals surface area (Å²) in [5.74, 6) is 0. The van der Waals surface area contributed by atoms with Crippen molar-refractivity contribution in [3.63, 3.8) is 0 Å². The number of aliphatic hydroxyl groups is 1. The molecule has 0 saturated heterocycles. The zero-order chi connectivity index (χ0) is 23.7. The third kappa shape index (κ3) is 2.78. The zero-order valence-corrected chi connectivity index (χ0v) is 20.1. The summed E-state index contributed by atoms with van der Waals surface area (Å²) in [6, 6.07) is 33.1. The summed E-state index contributed by atoms with van der Waals surface area (Å²) >= 11 is 0. The average molecular weight is 443 g/mol. The third-order valence-corrected chi connectivity index (χ3v) is 7.98. The number of hydrogen-bond acceptors (Lipinski definition) is 2. The van der Waals surface area contributed by atoms with E-state index in [1.54, 1.807) is 21.3 Å². The first-order valence-corrected chi connectivity index (χ1v) is 11.9. The van der Waals surface area contributed by atoms with Gasteiger partial charge in [0.15, 0.2) is 0 Å². The second-order valence-corrected chi connectivity index (χ2v) is 10.5. The van der Waals surface area contributed by atoms with Crippen LogP contribution in [0.2, 0.25) is 0 Å². The fraction of sp³-hybridized carbons (Fsp3) is 0.226. The van der Waals surface area contributed by atoms with E-state index in [0.29, 0.717) is 0 Å². The van der Waals surface area contributed by atoms with E-state index in [1.165, 1.54) is 44.5 Å². The molecule has 2 aliphatic rings. The van der Waals surface area contributed by atoms with Crippen LogP contribution in [0.25, 0.3) is 22.3 Å². The predicted octanol–water partition coefficient (Wildman–Crippen LogP) is 5.84. The van der Waals surface area contributed by atoms with Crippen molar-refractivity contribution in [1.82, 2.24) is 0 Å². The van der Waals surface area contributed by atoms with Gasteiger partial charge >= 0.3 is 7.48 Å². The van der Waals surface area contributed by atoms with Crippen LogP contribution in [0.1, 0.15) is 49.9 Å². The van der Waals surface area contributed by atoms with Gasteiger partial charge in [0.25, 0.3) is 0 Å². The lowest BCUT2D eigenvalue weighted by Crippen LogP contribution is -2.49. The molecule has 0 amide bonds. The smallest absolute Gasteiger partial charge is 0.330 e. The van der Waals surface area contributed by atoms with Gasteiger partial charge in [-0.1, -0.05) is 96.5 Å². The topological polar surface area (TPSA) is 29.5 Å². The molecule has 1 radical (unpaired) electrons. The van der Waals surface area contributed by atoms with Crippen molar-refractivity contribution in [2.45, 2.75) is 44.3 Å². The number of rotatable bonds is 4. The molecule has 1 N–H and O–H groups in total. The van der Waals surface area contributed by atoms with E-state index < -0.39 is 11.2 Å². The van der Waals surface area contributed by atoms with E-state index >= 15 is 0 Å². The molecule has 4 aromatic carbocycles. The molecule has 0 unspecified atom stereocenters. The van der Waals surface area contributed by atoms with Crippen LogP contribution in [-0.4, -0.2) is 23.8 Å². The fourth-order valence-corrected chi connectivity index (χ4v) is 5.55. The van der Waals surface area contributed by atoms with Crippen molar-refractivity contribution in [1.29, 1.82) is 0 Å². The van der Waals surface area contributed by atoms with Gasteiger partial charge in [0.1, 0.15) is 0 Å². The van der Waals surface area contributed by atoms with E-state index in [0.717, 1.165) is 5.46 Å². The minimum atomic E-state index is -0.964. The van der Waals surface area contributed by atoms with Crippen molar-refractivity contribution < 1.29 is 9.76 Å². The van der Waals surface area contributed by atoms with Gasteiger partial charge in [-0.2, -0.15) is 0 Å². The number of benzene rings is 4. The minimum absolute atomic E-state index is 0.315. The minimum Gasteiger partial charge on any atom is -0.427 e. The molecule has 167 valence electrons. The first-order chi connectivity index (χ1) is 16.2. The summed E-state index contributed by atoms with van der Waals surface area (Å²) in [6.45, 7) is 7.37. The third-order valence-electron chi connectivity index (χ3n) is 7.98. The first kappa shape index (κ1) is 21.4. The zero-order valence-electron chi connectivity index (χ0n) is 20.1. The van der Waals surface area contributed by atoms with Crippen LogP contribution in [0, 0.1) is 0 Å². The lowest BCUT2D eigenvalue weighted by molar-refractivity contribution is -0.0893. The Balaban J connectivity index is 1.55. The lowest BCUT2D eigenvalue weighted by Gasteiger charge is -2.37. The van der Waals surface area contributed by atoms with Crippen LogP contribution in [0.5, 0.6) is 0 Å². The van der Waals surface area contributed by atoms with Crippen molar-refractivity contribution in [3.8, 4) is 22.3 Å². The highest BCUT2D eigenvalue weighted by Gasteiger charge is 2.51. The largest absolute Gasteiger partial charge is 0.427 e. The van der Waals surface area contributed by atoms with E-state index in [2.05, 4.69) is 91.0 Å². The van der Waals surface area contributed by atoms with Crippen LogP contribution < -0.4 is 5.46 Å². The van der Waals surface area contributed by atoms with Crippen LogP contribution in [-0.2, 0) is 10.1 Å². The van der Waals surface area contributed by atoms with Gasteiger partial charge in [0, 0.05) is 0 Å². The fourth-order valence-electron chi connectivity index (χ4n) is 5.55. The second-order valence-electron chi connectivity index (χ2n) is 10.5. The Hall–Kier alpha value is -3.14. The Kier molecular flexibility index (Phi) is 4.52. The maximum atomic E-state index is 10.5. The molecule has 0 heterocycles. The molecular weight excluding hydrogens is 415 g/mol. The maximum Gasteiger partial charge on any atom is 0.330 e. The molecule has 0 aliphatic heterocycles. The molecular formula is C31H28BO2. The molecule has 34 heavy (non-hydrogen) atoms. The number of hydrogen-bond donors (Lipinski definition) is 1. The van der Waals surface area contributed by atoms with Crippen molar-refractivity contribution in [3.05, 3.63) is 113 Å². The second kappa shape index (κ2) is 7.18.